The van der Waals surface area contributed by atoms with Crippen LogP contribution in [0.4, 0.5) is 11.4 Å². The molecular formula is C24H30N2O4. The lowest BCUT2D eigenvalue weighted by Crippen LogP contribution is -2.24. The summed E-state index contributed by atoms with van der Waals surface area (Å²) >= 11 is 0. The Bertz CT molecular complexity index is 829. The SMILES string of the molecule is CCOCCOc1ccc(C(=O)Nc2cccc(NC(=O)C3CCCCC3)c2)cc1. The van der Waals surface area contributed by atoms with E-state index >= 15 is 0 Å². The van der Waals surface area contributed by atoms with E-state index in [0.717, 1.165) is 25.7 Å². The zero-order valence-corrected chi connectivity index (χ0v) is 17.5. The van der Waals surface area contributed by atoms with E-state index in [9.17, 15) is 9.59 Å². The predicted octanol–water partition coefficient (Wildman–Crippen LogP) is 4.87. The molecule has 0 atom stereocenters. The number of benzene rings is 2. The third kappa shape index (κ3) is 6.59. The van der Waals surface area contributed by atoms with Crippen LogP contribution in [0, 0.1) is 5.92 Å². The first-order valence-electron chi connectivity index (χ1n) is 10.7. The zero-order valence-electron chi connectivity index (χ0n) is 17.5. The van der Waals surface area contributed by atoms with Gasteiger partial charge in [-0.05, 0) is 62.2 Å². The highest BCUT2D eigenvalue weighted by Crippen LogP contribution is 2.25. The molecule has 6 heteroatoms. The number of anilines is 2. The third-order valence-electron chi connectivity index (χ3n) is 5.18. The summed E-state index contributed by atoms with van der Waals surface area (Å²) in [6, 6.07) is 14.2. The molecule has 30 heavy (non-hydrogen) atoms. The first kappa shape index (κ1) is 21.8. The Morgan fingerprint density at radius 2 is 1.63 bits per heavy atom. The molecule has 2 N–H and O–H groups in total. The summed E-state index contributed by atoms with van der Waals surface area (Å²) in [7, 11) is 0. The fraction of sp³-hybridized carbons (Fsp3) is 0.417. The van der Waals surface area contributed by atoms with Gasteiger partial charge in [0.15, 0.2) is 0 Å². The molecule has 160 valence electrons. The van der Waals surface area contributed by atoms with Crippen LogP contribution in [0.25, 0.3) is 0 Å². The van der Waals surface area contributed by atoms with E-state index < -0.39 is 0 Å². The smallest absolute Gasteiger partial charge is 0.255 e. The molecule has 0 radical (unpaired) electrons. The molecule has 2 amide bonds. The average Bonchev–Trinajstić information content (AvgIpc) is 2.78. The van der Waals surface area contributed by atoms with E-state index in [2.05, 4.69) is 10.6 Å². The lowest BCUT2D eigenvalue weighted by molar-refractivity contribution is -0.120. The minimum absolute atomic E-state index is 0.0677. The van der Waals surface area contributed by atoms with Crippen LogP contribution >= 0.6 is 0 Å². The number of rotatable bonds is 9. The Morgan fingerprint density at radius 1 is 0.933 bits per heavy atom. The third-order valence-corrected chi connectivity index (χ3v) is 5.18. The summed E-state index contributed by atoms with van der Waals surface area (Å²) in [5.41, 5.74) is 1.86. The van der Waals surface area contributed by atoms with Gasteiger partial charge in [-0.25, -0.2) is 0 Å². The van der Waals surface area contributed by atoms with Gasteiger partial charge >= 0.3 is 0 Å². The van der Waals surface area contributed by atoms with Crippen molar-refractivity contribution in [1.29, 1.82) is 0 Å². The number of carbonyl (C=O) groups excluding carboxylic acids is 2. The van der Waals surface area contributed by atoms with Crippen LogP contribution in [0.1, 0.15) is 49.4 Å². The maximum absolute atomic E-state index is 12.5. The molecule has 2 aromatic rings. The summed E-state index contributed by atoms with van der Waals surface area (Å²) in [6.45, 7) is 3.60. The highest BCUT2D eigenvalue weighted by atomic mass is 16.5. The van der Waals surface area contributed by atoms with Gasteiger partial charge in [-0.15, -0.1) is 0 Å². The Labute approximate surface area is 178 Å². The van der Waals surface area contributed by atoms with Gasteiger partial charge in [0, 0.05) is 29.5 Å². The first-order valence-corrected chi connectivity index (χ1v) is 10.7. The second-order valence-electron chi connectivity index (χ2n) is 7.43. The first-order chi connectivity index (χ1) is 14.7. The van der Waals surface area contributed by atoms with Gasteiger partial charge < -0.3 is 20.1 Å². The second kappa shape index (κ2) is 11.4. The molecule has 0 spiro atoms. The minimum atomic E-state index is -0.216. The van der Waals surface area contributed by atoms with E-state index in [1.165, 1.54) is 6.42 Å². The molecule has 1 aliphatic rings. The van der Waals surface area contributed by atoms with Crippen molar-refractivity contribution in [2.24, 2.45) is 5.92 Å². The molecule has 3 rings (SSSR count). The van der Waals surface area contributed by atoms with Crippen molar-refractivity contribution >= 4 is 23.2 Å². The lowest BCUT2D eigenvalue weighted by Gasteiger charge is -2.20. The summed E-state index contributed by atoms with van der Waals surface area (Å²) in [5, 5.41) is 5.86. The van der Waals surface area contributed by atoms with Gasteiger partial charge in [-0.3, -0.25) is 9.59 Å². The average molecular weight is 411 g/mol. The maximum Gasteiger partial charge on any atom is 0.255 e. The summed E-state index contributed by atoms with van der Waals surface area (Å²) < 4.78 is 10.8. The standard InChI is InChI=1S/C24H30N2O4/c1-2-29-15-16-30-22-13-11-19(12-14-22)24(28)26-21-10-6-9-20(17-21)25-23(27)18-7-4-3-5-8-18/h6,9-14,17-18H,2-5,7-8,15-16H2,1H3,(H,25,27)(H,26,28). The molecule has 1 fully saturated rings. The van der Waals surface area contributed by atoms with Crippen molar-refractivity contribution in [1.82, 2.24) is 0 Å². The zero-order chi connectivity index (χ0) is 21.2. The molecule has 0 heterocycles. The fourth-order valence-corrected chi connectivity index (χ4v) is 3.55. The van der Waals surface area contributed by atoms with Crippen molar-refractivity contribution in [3.05, 3.63) is 54.1 Å². The molecule has 0 saturated heterocycles. The van der Waals surface area contributed by atoms with Crippen LogP contribution in [-0.2, 0) is 9.53 Å². The number of amides is 2. The van der Waals surface area contributed by atoms with Crippen LogP contribution < -0.4 is 15.4 Å². The highest BCUT2D eigenvalue weighted by Gasteiger charge is 2.21. The summed E-state index contributed by atoms with van der Waals surface area (Å²) in [4.78, 5) is 25.0. The molecule has 1 aliphatic carbocycles. The van der Waals surface area contributed by atoms with Crippen molar-refractivity contribution in [2.75, 3.05) is 30.5 Å². The van der Waals surface area contributed by atoms with Crippen LogP contribution in [0.3, 0.4) is 0 Å². The molecule has 0 unspecified atom stereocenters. The molecule has 0 bridgehead atoms. The molecule has 0 aromatic heterocycles. The van der Waals surface area contributed by atoms with Gasteiger partial charge in [0.25, 0.3) is 5.91 Å². The molecule has 6 nitrogen and oxygen atoms in total. The molecule has 2 aromatic carbocycles. The van der Waals surface area contributed by atoms with Crippen molar-refractivity contribution in [3.63, 3.8) is 0 Å². The Morgan fingerprint density at radius 3 is 2.33 bits per heavy atom. The van der Waals surface area contributed by atoms with Gasteiger partial charge in [-0.2, -0.15) is 0 Å². The van der Waals surface area contributed by atoms with Gasteiger partial charge in [0.05, 0.1) is 6.61 Å². The normalized spacial score (nSPS) is 14.2. The topological polar surface area (TPSA) is 76.7 Å². The van der Waals surface area contributed by atoms with Crippen LogP contribution in [0.2, 0.25) is 0 Å². The number of carbonyl (C=O) groups is 2. The highest BCUT2D eigenvalue weighted by molar-refractivity contribution is 6.04. The van der Waals surface area contributed by atoms with Crippen LogP contribution in [0.5, 0.6) is 5.75 Å². The largest absolute Gasteiger partial charge is 0.491 e. The number of hydrogen-bond donors (Lipinski definition) is 2. The van der Waals surface area contributed by atoms with E-state index in [4.69, 9.17) is 9.47 Å². The minimum Gasteiger partial charge on any atom is -0.491 e. The van der Waals surface area contributed by atoms with E-state index in [0.29, 0.717) is 42.5 Å². The second-order valence-corrected chi connectivity index (χ2v) is 7.43. The van der Waals surface area contributed by atoms with Crippen molar-refractivity contribution in [2.45, 2.75) is 39.0 Å². The molecule has 0 aliphatic heterocycles. The van der Waals surface area contributed by atoms with Gasteiger partial charge in [0.2, 0.25) is 5.91 Å². The lowest BCUT2D eigenvalue weighted by atomic mass is 9.88. The van der Waals surface area contributed by atoms with Crippen molar-refractivity contribution in [3.8, 4) is 5.75 Å². The summed E-state index contributed by atoms with van der Waals surface area (Å²) in [6.07, 6.45) is 5.35. The Kier molecular flexibility index (Phi) is 8.27. The number of hydrogen-bond acceptors (Lipinski definition) is 4. The van der Waals surface area contributed by atoms with Gasteiger partial charge in [0.1, 0.15) is 12.4 Å². The van der Waals surface area contributed by atoms with E-state index in [1.807, 2.05) is 19.1 Å². The quantitative estimate of drug-likeness (QED) is 0.578. The monoisotopic (exact) mass is 410 g/mol. The van der Waals surface area contributed by atoms with Crippen LogP contribution in [0.15, 0.2) is 48.5 Å². The Balaban J connectivity index is 1.53. The Hall–Kier alpha value is -2.86. The van der Waals surface area contributed by atoms with E-state index in [1.54, 1.807) is 36.4 Å². The molecular weight excluding hydrogens is 380 g/mol. The maximum atomic E-state index is 12.5. The van der Waals surface area contributed by atoms with Crippen LogP contribution in [-0.4, -0.2) is 31.6 Å². The van der Waals surface area contributed by atoms with E-state index in [-0.39, 0.29) is 17.7 Å². The van der Waals surface area contributed by atoms with Crippen molar-refractivity contribution < 1.29 is 19.1 Å². The molecule has 1 saturated carbocycles. The van der Waals surface area contributed by atoms with Gasteiger partial charge in [-0.1, -0.05) is 25.3 Å². The predicted molar refractivity (Wildman–Crippen MR) is 118 cm³/mol. The number of ether oxygens (including phenoxy) is 2. The number of nitrogens with one attached hydrogen (secondary N) is 2. The summed E-state index contributed by atoms with van der Waals surface area (Å²) in [5.74, 6) is 0.634. The fourth-order valence-electron chi connectivity index (χ4n) is 3.55.